The normalized spacial score (nSPS) is 15.2. The van der Waals surface area contributed by atoms with Crippen molar-refractivity contribution >= 4 is 17.6 Å². The summed E-state index contributed by atoms with van der Waals surface area (Å²) in [6, 6.07) is 0.0682. The lowest BCUT2D eigenvalue weighted by Gasteiger charge is -2.34. The lowest BCUT2D eigenvalue weighted by molar-refractivity contribution is -0.129. The predicted molar refractivity (Wildman–Crippen MR) is 79.1 cm³/mol. The first-order valence-corrected chi connectivity index (χ1v) is 7.10. The Balaban J connectivity index is 1.97. The van der Waals surface area contributed by atoms with E-state index >= 15 is 0 Å². The molecule has 0 aliphatic carbocycles. The van der Waals surface area contributed by atoms with Gasteiger partial charge in [-0.05, 0) is 13.8 Å². The van der Waals surface area contributed by atoms with Crippen LogP contribution in [0.4, 0.5) is 5.82 Å². The molecule has 0 atom stereocenters. The molecule has 1 aliphatic rings. The minimum Gasteiger partial charge on any atom is -0.352 e. The van der Waals surface area contributed by atoms with Crippen molar-refractivity contribution in [2.75, 3.05) is 31.1 Å². The molecule has 0 spiro atoms. The molecule has 1 aromatic rings. The third kappa shape index (κ3) is 3.90. The molecule has 1 saturated heterocycles. The number of hydrogen-bond donors (Lipinski definition) is 1. The van der Waals surface area contributed by atoms with Gasteiger partial charge in [0.15, 0.2) is 0 Å². The van der Waals surface area contributed by atoms with Gasteiger partial charge in [-0.15, -0.1) is 0 Å². The van der Waals surface area contributed by atoms with E-state index in [0.717, 1.165) is 18.9 Å². The van der Waals surface area contributed by atoms with Crippen molar-refractivity contribution < 1.29 is 9.59 Å². The van der Waals surface area contributed by atoms with Gasteiger partial charge in [-0.3, -0.25) is 9.59 Å². The van der Waals surface area contributed by atoms with Gasteiger partial charge in [0, 0.05) is 39.1 Å². The van der Waals surface area contributed by atoms with E-state index < -0.39 is 0 Å². The SMILES string of the molecule is CC(=O)N1CCN(c2cnc(C(=O)NC(C)C)cn2)CC1. The number of carbonyl (C=O) groups excluding carboxylic acids is 2. The smallest absolute Gasteiger partial charge is 0.271 e. The van der Waals surface area contributed by atoms with Crippen LogP contribution < -0.4 is 10.2 Å². The Morgan fingerprint density at radius 1 is 1.14 bits per heavy atom. The van der Waals surface area contributed by atoms with Crippen molar-refractivity contribution in [1.82, 2.24) is 20.2 Å². The molecule has 1 aliphatic heterocycles. The number of rotatable bonds is 3. The predicted octanol–water partition coefficient (Wildman–Crippen LogP) is 0.283. The maximum atomic E-state index is 11.8. The molecule has 2 rings (SSSR count). The van der Waals surface area contributed by atoms with Crippen LogP contribution in [0.5, 0.6) is 0 Å². The summed E-state index contributed by atoms with van der Waals surface area (Å²) in [4.78, 5) is 35.4. The van der Waals surface area contributed by atoms with Gasteiger partial charge in [0.2, 0.25) is 5.91 Å². The zero-order valence-electron chi connectivity index (χ0n) is 12.7. The van der Waals surface area contributed by atoms with Gasteiger partial charge >= 0.3 is 0 Å². The summed E-state index contributed by atoms with van der Waals surface area (Å²) in [6.45, 7) is 8.21. The Bertz CT molecular complexity index is 507. The molecule has 2 amide bonds. The van der Waals surface area contributed by atoms with Crippen LogP contribution in [0.25, 0.3) is 0 Å². The third-order valence-corrected chi connectivity index (χ3v) is 3.34. The van der Waals surface area contributed by atoms with Crippen molar-refractivity contribution in [1.29, 1.82) is 0 Å². The fraction of sp³-hybridized carbons (Fsp3) is 0.571. The second-order valence-corrected chi connectivity index (χ2v) is 5.38. The van der Waals surface area contributed by atoms with E-state index in [0.29, 0.717) is 18.8 Å². The van der Waals surface area contributed by atoms with E-state index in [-0.39, 0.29) is 17.9 Å². The quantitative estimate of drug-likeness (QED) is 0.865. The number of nitrogens with one attached hydrogen (secondary N) is 1. The van der Waals surface area contributed by atoms with Crippen LogP contribution in [-0.2, 0) is 4.79 Å². The van der Waals surface area contributed by atoms with Gasteiger partial charge in [0.25, 0.3) is 5.91 Å². The number of nitrogens with zero attached hydrogens (tertiary/aromatic N) is 4. The molecule has 0 radical (unpaired) electrons. The lowest BCUT2D eigenvalue weighted by atomic mass is 10.3. The Labute approximate surface area is 124 Å². The van der Waals surface area contributed by atoms with Crippen LogP contribution in [0, 0.1) is 0 Å². The molecule has 0 bridgehead atoms. The molecule has 2 heterocycles. The first-order chi connectivity index (χ1) is 9.97. The van der Waals surface area contributed by atoms with Crippen molar-refractivity contribution in [3.05, 3.63) is 18.1 Å². The molecule has 114 valence electrons. The van der Waals surface area contributed by atoms with E-state index in [1.807, 2.05) is 18.7 Å². The maximum Gasteiger partial charge on any atom is 0.271 e. The average Bonchev–Trinajstić information content (AvgIpc) is 2.47. The highest BCUT2D eigenvalue weighted by atomic mass is 16.2. The number of anilines is 1. The molecular weight excluding hydrogens is 270 g/mol. The van der Waals surface area contributed by atoms with E-state index in [2.05, 4.69) is 20.2 Å². The Morgan fingerprint density at radius 3 is 2.29 bits per heavy atom. The molecule has 7 nitrogen and oxygen atoms in total. The Kier molecular flexibility index (Phi) is 4.72. The van der Waals surface area contributed by atoms with Crippen LogP contribution >= 0.6 is 0 Å². The highest BCUT2D eigenvalue weighted by molar-refractivity contribution is 5.92. The number of aromatic nitrogens is 2. The van der Waals surface area contributed by atoms with Gasteiger partial charge in [0.1, 0.15) is 11.5 Å². The number of amides is 2. The van der Waals surface area contributed by atoms with E-state index in [1.54, 1.807) is 13.1 Å². The molecule has 21 heavy (non-hydrogen) atoms. The molecule has 1 aromatic heterocycles. The highest BCUT2D eigenvalue weighted by Gasteiger charge is 2.20. The van der Waals surface area contributed by atoms with E-state index in [1.165, 1.54) is 6.20 Å². The summed E-state index contributed by atoms with van der Waals surface area (Å²) >= 11 is 0. The van der Waals surface area contributed by atoms with Crippen molar-refractivity contribution in [3.63, 3.8) is 0 Å². The zero-order valence-corrected chi connectivity index (χ0v) is 12.7. The largest absolute Gasteiger partial charge is 0.352 e. The molecule has 1 fully saturated rings. The molecule has 7 heteroatoms. The zero-order chi connectivity index (χ0) is 15.4. The number of carbonyl (C=O) groups is 2. The second kappa shape index (κ2) is 6.51. The second-order valence-electron chi connectivity index (χ2n) is 5.38. The fourth-order valence-corrected chi connectivity index (χ4v) is 2.19. The topological polar surface area (TPSA) is 78.4 Å². The van der Waals surface area contributed by atoms with Gasteiger partial charge < -0.3 is 15.1 Å². The third-order valence-electron chi connectivity index (χ3n) is 3.34. The first kappa shape index (κ1) is 15.2. The fourth-order valence-electron chi connectivity index (χ4n) is 2.19. The van der Waals surface area contributed by atoms with Gasteiger partial charge in [0.05, 0.1) is 12.4 Å². The first-order valence-electron chi connectivity index (χ1n) is 7.10. The highest BCUT2D eigenvalue weighted by Crippen LogP contribution is 2.12. The van der Waals surface area contributed by atoms with Crippen LogP contribution in [-0.4, -0.2) is 58.9 Å². The molecule has 0 saturated carbocycles. The van der Waals surface area contributed by atoms with Crippen LogP contribution in [0.1, 0.15) is 31.3 Å². The Morgan fingerprint density at radius 2 is 1.81 bits per heavy atom. The monoisotopic (exact) mass is 291 g/mol. The van der Waals surface area contributed by atoms with Gasteiger partial charge in [-0.1, -0.05) is 0 Å². The van der Waals surface area contributed by atoms with Crippen molar-refractivity contribution in [2.45, 2.75) is 26.8 Å². The summed E-state index contributed by atoms with van der Waals surface area (Å²) in [5.41, 5.74) is 0.315. The van der Waals surface area contributed by atoms with Crippen molar-refractivity contribution in [2.24, 2.45) is 0 Å². The van der Waals surface area contributed by atoms with Crippen LogP contribution in [0.2, 0.25) is 0 Å². The van der Waals surface area contributed by atoms with Gasteiger partial charge in [-0.25, -0.2) is 9.97 Å². The summed E-state index contributed by atoms with van der Waals surface area (Å²) in [7, 11) is 0. The summed E-state index contributed by atoms with van der Waals surface area (Å²) < 4.78 is 0. The maximum absolute atomic E-state index is 11.8. The van der Waals surface area contributed by atoms with Crippen molar-refractivity contribution in [3.8, 4) is 0 Å². The summed E-state index contributed by atoms with van der Waals surface area (Å²) in [6.07, 6.45) is 3.10. The lowest BCUT2D eigenvalue weighted by Crippen LogP contribution is -2.48. The molecule has 1 N–H and O–H groups in total. The number of piperazine rings is 1. The summed E-state index contributed by atoms with van der Waals surface area (Å²) in [5, 5.41) is 2.78. The van der Waals surface area contributed by atoms with Gasteiger partial charge in [-0.2, -0.15) is 0 Å². The Hall–Kier alpha value is -2.18. The minimum absolute atomic E-state index is 0.0682. The van der Waals surface area contributed by atoms with Crippen LogP contribution in [0.15, 0.2) is 12.4 Å². The van der Waals surface area contributed by atoms with E-state index in [4.69, 9.17) is 0 Å². The average molecular weight is 291 g/mol. The molecule has 0 unspecified atom stereocenters. The summed E-state index contributed by atoms with van der Waals surface area (Å²) in [5.74, 6) is 0.617. The van der Waals surface area contributed by atoms with E-state index in [9.17, 15) is 9.59 Å². The molecule has 0 aromatic carbocycles. The minimum atomic E-state index is -0.217. The molecular formula is C14H21N5O2. The van der Waals surface area contributed by atoms with Crippen LogP contribution in [0.3, 0.4) is 0 Å². The standard InChI is InChI=1S/C14H21N5O2/c1-10(2)17-14(21)12-8-16-13(9-15-12)19-6-4-18(5-7-19)11(3)20/h8-10H,4-7H2,1-3H3,(H,17,21). The number of hydrogen-bond acceptors (Lipinski definition) is 5.